The summed E-state index contributed by atoms with van der Waals surface area (Å²) in [5.41, 5.74) is 5.81. The average molecular weight is 289 g/mol. The number of halogens is 3. The van der Waals surface area contributed by atoms with Gasteiger partial charge in [-0.3, -0.25) is 0 Å². The molecule has 0 aliphatic rings. The van der Waals surface area contributed by atoms with Gasteiger partial charge in [0.15, 0.2) is 0 Å². The highest BCUT2D eigenvalue weighted by Crippen LogP contribution is 2.36. The van der Waals surface area contributed by atoms with Gasteiger partial charge < -0.3 is 10.5 Å². The lowest BCUT2D eigenvalue weighted by molar-refractivity contribution is -0.137. The van der Waals surface area contributed by atoms with Crippen molar-refractivity contribution in [3.8, 4) is 5.75 Å². The quantitative estimate of drug-likeness (QED) is 0.845. The SMILES string of the molecule is CCC(N)CCC(C)c1cc(C(F)(F)F)ccc1OC. The highest BCUT2D eigenvalue weighted by Gasteiger charge is 2.31. The van der Waals surface area contributed by atoms with Crippen molar-refractivity contribution in [3.63, 3.8) is 0 Å². The number of benzene rings is 1. The Morgan fingerprint density at radius 1 is 1.25 bits per heavy atom. The molecule has 0 aromatic heterocycles. The smallest absolute Gasteiger partial charge is 0.416 e. The molecule has 0 spiro atoms. The third-order valence-corrected chi connectivity index (χ3v) is 3.58. The van der Waals surface area contributed by atoms with Crippen molar-refractivity contribution in [3.05, 3.63) is 29.3 Å². The Hall–Kier alpha value is -1.23. The Labute approximate surface area is 118 Å². The fourth-order valence-corrected chi connectivity index (χ4v) is 2.12. The highest BCUT2D eigenvalue weighted by atomic mass is 19.4. The van der Waals surface area contributed by atoms with Crippen LogP contribution in [-0.4, -0.2) is 13.2 Å². The predicted octanol–water partition coefficient (Wildman–Crippen LogP) is 4.34. The second-order valence-corrected chi connectivity index (χ2v) is 5.10. The van der Waals surface area contributed by atoms with Crippen LogP contribution in [0.1, 0.15) is 50.2 Å². The van der Waals surface area contributed by atoms with Crippen molar-refractivity contribution >= 4 is 0 Å². The molecule has 0 saturated carbocycles. The van der Waals surface area contributed by atoms with E-state index in [1.165, 1.54) is 19.2 Å². The topological polar surface area (TPSA) is 35.2 Å². The molecule has 2 nitrogen and oxygen atoms in total. The molecule has 2 unspecified atom stereocenters. The van der Waals surface area contributed by atoms with E-state index in [0.717, 1.165) is 25.3 Å². The van der Waals surface area contributed by atoms with Crippen molar-refractivity contribution in [1.82, 2.24) is 0 Å². The van der Waals surface area contributed by atoms with E-state index in [-0.39, 0.29) is 12.0 Å². The molecule has 1 rings (SSSR count). The largest absolute Gasteiger partial charge is 0.496 e. The van der Waals surface area contributed by atoms with Crippen LogP contribution >= 0.6 is 0 Å². The van der Waals surface area contributed by atoms with Crippen LogP contribution in [0.4, 0.5) is 13.2 Å². The van der Waals surface area contributed by atoms with Crippen molar-refractivity contribution in [2.24, 2.45) is 5.73 Å². The summed E-state index contributed by atoms with van der Waals surface area (Å²) in [5.74, 6) is 0.473. The second-order valence-electron chi connectivity index (χ2n) is 5.10. The Kier molecular flexibility index (Phi) is 5.87. The van der Waals surface area contributed by atoms with Crippen LogP contribution in [0.25, 0.3) is 0 Å². The molecule has 0 saturated heterocycles. The fourth-order valence-electron chi connectivity index (χ4n) is 2.12. The number of ether oxygens (including phenoxy) is 1. The molecule has 1 aromatic rings. The molecule has 2 N–H and O–H groups in total. The number of alkyl halides is 3. The van der Waals surface area contributed by atoms with E-state index in [4.69, 9.17) is 10.5 Å². The van der Waals surface area contributed by atoms with Gasteiger partial charge >= 0.3 is 6.18 Å². The van der Waals surface area contributed by atoms with Crippen molar-refractivity contribution < 1.29 is 17.9 Å². The summed E-state index contributed by atoms with van der Waals surface area (Å²) in [4.78, 5) is 0. The molecule has 0 radical (unpaired) electrons. The first kappa shape index (κ1) is 16.8. The van der Waals surface area contributed by atoms with Crippen molar-refractivity contribution in [2.45, 2.75) is 51.2 Å². The Morgan fingerprint density at radius 3 is 2.40 bits per heavy atom. The fraction of sp³-hybridized carbons (Fsp3) is 0.600. The molecule has 5 heteroatoms. The van der Waals surface area contributed by atoms with Gasteiger partial charge in [0.1, 0.15) is 5.75 Å². The maximum absolute atomic E-state index is 12.8. The van der Waals surface area contributed by atoms with E-state index in [9.17, 15) is 13.2 Å². The van der Waals surface area contributed by atoms with Gasteiger partial charge in [0, 0.05) is 6.04 Å². The minimum Gasteiger partial charge on any atom is -0.496 e. The zero-order valence-electron chi connectivity index (χ0n) is 12.1. The maximum Gasteiger partial charge on any atom is 0.416 e. The van der Waals surface area contributed by atoms with Crippen LogP contribution in [0, 0.1) is 0 Å². The predicted molar refractivity (Wildman–Crippen MR) is 73.9 cm³/mol. The first-order valence-electron chi connectivity index (χ1n) is 6.80. The van der Waals surface area contributed by atoms with Gasteiger partial charge in [0.05, 0.1) is 12.7 Å². The van der Waals surface area contributed by atoms with E-state index < -0.39 is 11.7 Å². The summed E-state index contributed by atoms with van der Waals surface area (Å²) < 4.78 is 43.5. The van der Waals surface area contributed by atoms with Crippen LogP contribution in [0.15, 0.2) is 18.2 Å². The third-order valence-electron chi connectivity index (χ3n) is 3.58. The van der Waals surface area contributed by atoms with Crippen molar-refractivity contribution in [1.29, 1.82) is 0 Å². The Bertz CT molecular complexity index is 432. The average Bonchev–Trinajstić information content (AvgIpc) is 2.42. The van der Waals surface area contributed by atoms with E-state index in [0.29, 0.717) is 11.3 Å². The minimum atomic E-state index is -4.33. The summed E-state index contributed by atoms with van der Waals surface area (Å²) in [6.07, 6.45) is -1.93. The van der Waals surface area contributed by atoms with Gasteiger partial charge in [-0.1, -0.05) is 13.8 Å². The monoisotopic (exact) mass is 289 g/mol. The summed E-state index contributed by atoms with van der Waals surface area (Å²) in [6, 6.07) is 3.71. The minimum absolute atomic E-state index is 0.0233. The molecule has 0 aliphatic carbocycles. The second kappa shape index (κ2) is 6.97. The third kappa shape index (κ3) is 4.40. The van der Waals surface area contributed by atoms with Gasteiger partial charge in [-0.15, -0.1) is 0 Å². The molecule has 0 aliphatic heterocycles. The number of hydrogen-bond acceptors (Lipinski definition) is 2. The van der Waals surface area contributed by atoms with Crippen LogP contribution in [-0.2, 0) is 6.18 Å². The zero-order chi connectivity index (χ0) is 15.3. The molecule has 2 atom stereocenters. The van der Waals surface area contributed by atoms with Crippen LogP contribution in [0.5, 0.6) is 5.75 Å². The normalized spacial score (nSPS) is 14.9. The molecular formula is C15H22F3NO. The lowest BCUT2D eigenvalue weighted by Gasteiger charge is -2.19. The molecular weight excluding hydrogens is 267 g/mol. The molecule has 0 bridgehead atoms. The van der Waals surface area contributed by atoms with Gasteiger partial charge in [-0.25, -0.2) is 0 Å². The Balaban J connectivity index is 2.95. The van der Waals surface area contributed by atoms with Gasteiger partial charge in [0.2, 0.25) is 0 Å². The molecule has 0 fully saturated rings. The molecule has 0 heterocycles. The molecule has 20 heavy (non-hydrogen) atoms. The van der Waals surface area contributed by atoms with Crippen LogP contribution in [0.3, 0.4) is 0 Å². The van der Waals surface area contributed by atoms with Crippen LogP contribution < -0.4 is 10.5 Å². The Morgan fingerprint density at radius 2 is 1.90 bits per heavy atom. The summed E-state index contributed by atoms with van der Waals surface area (Å²) in [6.45, 7) is 3.90. The molecule has 0 amide bonds. The molecule has 114 valence electrons. The maximum atomic E-state index is 12.8. The number of nitrogens with two attached hydrogens (primary N) is 1. The highest BCUT2D eigenvalue weighted by molar-refractivity contribution is 5.40. The van der Waals surface area contributed by atoms with E-state index >= 15 is 0 Å². The summed E-state index contributed by atoms with van der Waals surface area (Å²) >= 11 is 0. The van der Waals surface area contributed by atoms with E-state index in [1.54, 1.807) is 0 Å². The molecule has 1 aromatic carbocycles. The number of methoxy groups -OCH3 is 1. The number of hydrogen-bond donors (Lipinski definition) is 1. The standard InChI is InChI=1S/C15H22F3NO/c1-4-12(19)7-5-10(2)13-9-11(15(16,17)18)6-8-14(13)20-3/h6,8-10,12H,4-5,7,19H2,1-3H3. The van der Waals surface area contributed by atoms with Crippen molar-refractivity contribution in [2.75, 3.05) is 7.11 Å². The lowest BCUT2D eigenvalue weighted by atomic mass is 9.92. The zero-order valence-corrected chi connectivity index (χ0v) is 12.1. The summed E-state index contributed by atoms with van der Waals surface area (Å²) in [5, 5.41) is 0. The van der Waals surface area contributed by atoms with Gasteiger partial charge in [0.25, 0.3) is 0 Å². The van der Waals surface area contributed by atoms with Gasteiger partial charge in [-0.2, -0.15) is 13.2 Å². The van der Waals surface area contributed by atoms with Crippen LogP contribution in [0.2, 0.25) is 0 Å². The first-order valence-corrected chi connectivity index (χ1v) is 6.80. The van der Waals surface area contributed by atoms with Gasteiger partial charge in [-0.05, 0) is 48.9 Å². The lowest BCUT2D eigenvalue weighted by Crippen LogP contribution is -2.19. The van der Waals surface area contributed by atoms with E-state index in [2.05, 4.69) is 0 Å². The first-order chi connectivity index (χ1) is 9.29. The number of rotatable bonds is 6. The van der Waals surface area contributed by atoms with E-state index in [1.807, 2.05) is 13.8 Å². The summed E-state index contributed by atoms with van der Waals surface area (Å²) in [7, 11) is 1.47.